The van der Waals surface area contributed by atoms with Crippen molar-refractivity contribution in [3.05, 3.63) is 0 Å². The van der Waals surface area contributed by atoms with Crippen LogP contribution < -0.4 is 0 Å². The summed E-state index contributed by atoms with van der Waals surface area (Å²) in [5.74, 6) is 0. The Kier molecular flexibility index (Phi) is 12.6. The fourth-order valence-electron chi connectivity index (χ4n) is 0.0968. The SMILES string of the molecule is CCON=C=N.Cl. The van der Waals surface area contributed by atoms with Gasteiger partial charge in [-0.05, 0) is 12.1 Å². The van der Waals surface area contributed by atoms with Gasteiger partial charge in [0.15, 0.2) is 0 Å². The second-order valence-corrected chi connectivity index (χ2v) is 0.621. The molecule has 0 aromatic rings. The molecule has 0 spiro atoms. The molecule has 3 nitrogen and oxygen atoms in total. The lowest BCUT2D eigenvalue weighted by Crippen LogP contribution is -1.74. The molecule has 0 heterocycles. The fraction of sp³-hybridized carbons (Fsp3) is 0.667. The van der Waals surface area contributed by atoms with E-state index in [0.717, 1.165) is 0 Å². The molecule has 4 heteroatoms. The normalized spacial score (nSPS) is 5.29. The third-order valence-corrected chi connectivity index (χ3v) is 0.239. The first-order valence-corrected chi connectivity index (χ1v) is 1.65. The Hall–Kier alpha value is -0.530. The average Bonchev–Trinajstić information content (AvgIpc) is 1.61. The first kappa shape index (κ1) is 9.69. The highest BCUT2D eigenvalue weighted by Crippen LogP contribution is 1.65. The summed E-state index contributed by atoms with van der Waals surface area (Å²) in [6.07, 6.45) is 0. The molecule has 0 aromatic carbocycles. The van der Waals surface area contributed by atoms with Crippen molar-refractivity contribution in [1.82, 2.24) is 0 Å². The minimum atomic E-state index is 0. The maximum absolute atomic E-state index is 6.16. The van der Waals surface area contributed by atoms with Gasteiger partial charge in [-0.3, -0.25) is 0 Å². The van der Waals surface area contributed by atoms with E-state index in [1.807, 2.05) is 0 Å². The lowest BCUT2D eigenvalue weighted by Gasteiger charge is -1.80. The quantitative estimate of drug-likeness (QED) is 0.433. The summed E-state index contributed by atoms with van der Waals surface area (Å²) in [6, 6.07) is 1.72. The van der Waals surface area contributed by atoms with Crippen LogP contribution in [0.25, 0.3) is 0 Å². The minimum Gasteiger partial charge on any atom is -0.388 e. The summed E-state index contributed by atoms with van der Waals surface area (Å²) in [5, 5.41) is 9.17. The van der Waals surface area contributed by atoms with Crippen LogP contribution in [0.15, 0.2) is 5.16 Å². The Morgan fingerprint density at radius 2 is 2.43 bits per heavy atom. The van der Waals surface area contributed by atoms with E-state index >= 15 is 0 Å². The van der Waals surface area contributed by atoms with Crippen molar-refractivity contribution >= 4 is 18.4 Å². The van der Waals surface area contributed by atoms with Crippen LogP contribution in [0.4, 0.5) is 0 Å². The van der Waals surface area contributed by atoms with Gasteiger partial charge in [0.05, 0.1) is 0 Å². The van der Waals surface area contributed by atoms with E-state index < -0.39 is 0 Å². The molecule has 0 unspecified atom stereocenters. The molecule has 0 atom stereocenters. The molecule has 0 rings (SSSR count). The van der Waals surface area contributed by atoms with Crippen molar-refractivity contribution in [2.24, 2.45) is 5.16 Å². The second-order valence-electron chi connectivity index (χ2n) is 0.621. The summed E-state index contributed by atoms with van der Waals surface area (Å²) < 4.78 is 0. The lowest BCUT2D eigenvalue weighted by molar-refractivity contribution is 0.160. The highest BCUT2D eigenvalue weighted by Gasteiger charge is 1.60. The third kappa shape index (κ3) is 10.8. The van der Waals surface area contributed by atoms with Crippen molar-refractivity contribution in [3.63, 3.8) is 0 Å². The molecule has 0 aromatic heterocycles. The van der Waals surface area contributed by atoms with Gasteiger partial charge in [0.1, 0.15) is 12.6 Å². The van der Waals surface area contributed by atoms with Crippen LogP contribution in [0.5, 0.6) is 0 Å². The second kappa shape index (κ2) is 9.08. The number of rotatable bonds is 2. The molecule has 0 amide bonds. The summed E-state index contributed by atoms with van der Waals surface area (Å²) in [4.78, 5) is 4.31. The number of nitrogens with one attached hydrogen (secondary N) is 1. The van der Waals surface area contributed by atoms with E-state index in [0.29, 0.717) is 6.61 Å². The average molecular weight is 123 g/mol. The number of nitrogens with zero attached hydrogens (tertiary/aromatic N) is 1. The largest absolute Gasteiger partial charge is 0.388 e. The fourth-order valence-corrected chi connectivity index (χ4v) is 0.0968. The maximum atomic E-state index is 6.16. The minimum absolute atomic E-state index is 0. The van der Waals surface area contributed by atoms with Crippen LogP contribution >= 0.6 is 12.4 Å². The number of hydrogen-bond donors (Lipinski definition) is 1. The summed E-state index contributed by atoms with van der Waals surface area (Å²) in [7, 11) is 0. The Morgan fingerprint density at radius 1 is 1.86 bits per heavy atom. The van der Waals surface area contributed by atoms with Crippen molar-refractivity contribution in [1.29, 1.82) is 5.41 Å². The van der Waals surface area contributed by atoms with Crippen LogP contribution in [0, 0.1) is 5.41 Å². The maximum Gasteiger partial charge on any atom is 0.132 e. The molecule has 0 bridgehead atoms. The third-order valence-electron chi connectivity index (χ3n) is 0.239. The zero-order valence-electron chi connectivity index (χ0n) is 3.97. The van der Waals surface area contributed by atoms with Crippen LogP contribution in [0.3, 0.4) is 0 Å². The molecular formula is C3H7ClN2O. The van der Waals surface area contributed by atoms with Gasteiger partial charge < -0.3 is 4.84 Å². The van der Waals surface area contributed by atoms with Gasteiger partial charge in [-0.15, -0.1) is 12.4 Å². The summed E-state index contributed by atoms with van der Waals surface area (Å²) in [5.41, 5.74) is 0. The highest BCUT2D eigenvalue weighted by atomic mass is 35.5. The van der Waals surface area contributed by atoms with Crippen LogP contribution in [-0.2, 0) is 4.84 Å². The highest BCUT2D eigenvalue weighted by molar-refractivity contribution is 5.85. The van der Waals surface area contributed by atoms with Gasteiger partial charge in [-0.2, -0.15) is 0 Å². The predicted octanol–water partition coefficient (Wildman–Crippen LogP) is 1.11. The van der Waals surface area contributed by atoms with Crippen molar-refractivity contribution < 1.29 is 4.84 Å². The molecule has 0 saturated carbocycles. The van der Waals surface area contributed by atoms with E-state index in [-0.39, 0.29) is 12.4 Å². The number of halogens is 1. The first-order chi connectivity index (χ1) is 2.91. The lowest BCUT2D eigenvalue weighted by atomic mass is 10.9. The van der Waals surface area contributed by atoms with Gasteiger partial charge in [0.2, 0.25) is 0 Å². The molecule has 0 aliphatic rings. The molecular weight excluding hydrogens is 115 g/mol. The Morgan fingerprint density at radius 3 is 2.57 bits per heavy atom. The van der Waals surface area contributed by atoms with E-state index in [1.165, 1.54) is 0 Å². The topological polar surface area (TPSA) is 45.4 Å². The van der Waals surface area contributed by atoms with E-state index in [1.54, 1.807) is 12.9 Å². The van der Waals surface area contributed by atoms with Gasteiger partial charge >= 0.3 is 0 Å². The van der Waals surface area contributed by atoms with Gasteiger partial charge in [-0.25, -0.2) is 5.41 Å². The summed E-state index contributed by atoms with van der Waals surface area (Å²) >= 11 is 0. The first-order valence-electron chi connectivity index (χ1n) is 1.65. The molecule has 0 aliphatic heterocycles. The Bertz CT molecular complexity index is 69.3. The molecule has 42 valence electrons. The van der Waals surface area contributed by atoms with E-state index in [2.05, 4.69) is 9.99 Å². The molecule has 0 radical (unpaired) electrons. The molecule has 0 saturated heterocycles. The zero-order valence-corrected chi connectivity index (χ0v) is 4.79. The predicted molar refractivity (Wildman–Crippen MR) is 29.0 cm³/mol. The standard InChI is InChI=1S/C3H6N2O.ClH/c1-2-6-5-3-4;/h4H,2H2,1H3;1H. The van der Waals surface area contributed by atoms with E-state index in [9.17, 15) is 0 Å². The molecule has 0 fully saturated rings. The van der Waals surface area contributed by atoms with Crippen LogP contribution in [-0.4, -0.2) is 12.6 Å². The van der Waals surface area contributed by atoms with Crippen molar-refractivity contribution in [2.45, 2.75) is 6.92 Å². The van der Waals surface area contributed by atoms with Crippen LogP contribution in [0.1, 0.15) is 6.92 Å². The molecule has 0 aliphatic carbocycles. The zero-order chi connectivity index (χ0) is 4.83. The van der Waals surface area contributed by atoms with E-state index in [4.69, 9.17) is 5.41 Å². The molecule has 1 N–H and O–H groups in total. The monoisotopic (exact) mass is 122 g/mol. The molecule has 7 heavy (non-hydrogen) atoms. The van der Waals surface area contributed by atoms with Gasteiger partial charge in [0.25, 0.3) is 0 Å². The Balaban J connectivity index is 0. The van der Waals surface area contributed by atoms with Crippen molar-refractivity contribution in [2.75, 3.05) is 6.61 Å². The Labute approximate surface area is 48.3 Å². The van der Waals surface area contributed by atoms with Crippen molar-refractivity contribution in [3.8, 4) is 0 Å². The smallest absolute Gasteiger partial charge is 0.132 e. The number of hydrogen-bond acceptors (Lipinski definition) is 3. The van der Waals surface area contributed by atoms with Gasteiger partial charge in [-0.1, -0.05) is 0 Å². The van der Waals surface area contributed by atoms with Gasteiger partial charge in [0, 0.05) is 0 Å². The van der Waals surface area contributed by atoms with Crippen LogP contribution in [0.2, 0.25) is 0 Å². The summed E-state index contributed by atoms with van der Waals surface area (Å²) in [6.45, 7) is 2.30.